The van der Waals surface area contributed by atoms with Crippen molar-refractivity contribution < 1.29 is 4.39 Å². The number of hydrogen-bond acceptors (Lipinski definition) is 2. The zero-order valence-electron chi connectivity index (χ0n) is 8.05. The summed E-state index contributed by atoms with van der Waals surface area (Å²) in [6, 6.07) is 6.48. The number of rotatable bonds is 2. The molecule has 16 heavy (non-hydrogen) atoms. The normalized spacial score (nSPS) is 10.2. The first-order chi connectivity index (χ1) is 7.66. The number of hydrogen-bond donors (Lipinski definition) is 1. The Morgan fingerprint density at radius 3 is 2.75 bits per heavy atom. The van der Waals surface area contributed by atoms with Crippen molar-refractivity contribution in [3.8, 4) is 0 Å². The molecule has 0 bridgehead atoms. The first-order valence-corrected chi connectivity index (χ1v) is 6.35. The van der Waals surface area contributed by atoms with Crippen LogP contribution in [0.5, 0.6) is 0 Å². The number of pyridine rings is 1. The Bertz CT molecular complexity index is 519. The molecule has 0 aliphatic carbocycles. The molecule has 82 valence electrons. The molecule has 0 fully saturated rings. The second-order valence-electron chi connectivity index (χ2n) is 3.10. The molecule has 0 spiro atoms. The molecule has 0 saturated carbocycles. The van der Waals surface area contributed by atoms with E-state index in [0.29, 0.717) is 0 Å². The second kappa shape index (κ2) is 5.09. The lowest BCUT2D eigenvalue weighted by Gasteiger charge is -2.09. The monoisotopic (exact) mass is 392 g/mol. The Balaban J connectivity index is 2.31. The van der Waals surface area contributed by atoms with Crippen LogP contribution in [-0.4, -0.2) is 4.98 Å². The third-order valence-electron chi connectivity index (χ3n) is 1.97. The standard InChI is InChI=1S/C11H7BrFIN2/c12-8-6-15-4-3-10(8)16-11-2-1-7(13)5-9(11)14/h1-6H,(H,15,16). The zero-order chi connectivity index (χ0) is 11.5. The minimum atomic E-state index is -0.233. The number of benzene rings is 1. The van der Waals surface area contributed by atoms with E-state index in [1.54, 1.807) is 18.5 Å². The summed E-state index contributed by atoms with van der Waals surface area (Å²) in [6.45, 7) is 0. The largest absolute Gasteiger partial charge is 0.354 e. The van der Waals surface area contributed by atoms with Gasteiger partial charge in [-0.1, -0.05) is 0 Å². The topological polar surface area (TPSA) is 24.9 Å². The van der Waals surface area contributed by atoms with Crippen LogP contribution in [0.15, 0.2) is 41.1 Å². The van der Waals surface area contributed by atoms with Crippen LogP contribution in [0.4, 0.5) is 15.8 Å². The fraction of sp³-hybridized carbons (Fsp3) is 0. The van der Waals surface area contributed by atoms with Crippen LogP contribution >= 0.6 is 38.5 Å². The summed E-state index contributed by atoms with van der Waals surface area (Å²) in [5.41, 5.74) is 1.77. The Labute approximate surface area is 115 Å². The molecule has 2 rings (SSSR count). The van der Waals surface area contributed by atoms with E-state index in [1.165, 1.54) is 12.1 Å². The minimum absolute atomic E-state index is 0.233. The molecule has 0 atom stereocenters. The maximum Gasteiger partial charge on any atom is 0.124 e. The van der Waals surface area contributed by atoms with E-state index in [2.05, 4.69) is 48.8 Å². The van der Waals surface area contributed by atoms with Gasteiger partial charge >= 0.3 is 0 Å². The first kappa shape index (κ1) is 11.8. The molecule has 2 aromatic rings. The van der Waals surface area contributed by atoms with Crippen LogP contribution in [0.2, 0.25) is 0 Å². The predicted octanol–water partition coefficient (Wildman–Crippen LogP) is 4.33. The number of nitrogens with one attached hydrogen (secondary N) is 1. The van der Waals surface area contributed by atoms with Gasteiger partial charge < -0.3 is 5.32 Å². The van der Waals surface area contributed by atoms with Crippen LogP contribution in [0.1, 0.15) is 0 Å². The van der Waals surface area contributed by atoms with E-state index >= 15 is 0 Å². The van der Waals surface area contributed by atoms with Crippen LogP contribution in [0.25, 0.3) is 0 Å². The van der Waals surface area contributed by atoms with Gasteiger partial charge in [0, 0.05) is 16.0 Å². The van der Waals surface area contributed by atoms with E-state index in [4.69, 9.17) is 0 Å². The molecule has 2 nitrogen and oxygen atoms in total. The maximum atomic E-state index is 12.9. The molecule has 0 unspecified atom stereocenters. The Kier molecular flexibility index (Phi) is 3.75. The highest BCUT2D eigenvalue weighted by molar-refractivity contribution is 14.1. The summed E-state index contributed by atoms with van der Waals surface area (Å²) in [5.74, 6) is -0.233. The molecule has 1 N–H and O–H groups in total. The summed E-state index contributed by atoms with van der Waals surface area (Å²) in [5, 5.41) is 3.21. The molecule has 5 heteroatoms. The van der Waals surface area contributed by atoms with Gasteiger partial charge in [-0.05, 0) is 62.8 Å². The van der Waals surface area contributed by atoms with Crippen molar-refractivity contribution in [2.24, 2.45) is 0 Å². The number of aromatic nitrogens is 1. The van der Waals surface area contributed by atoms with Gasteiger partial charge in [0.1, 0.15) is 5.82 Å². The second-order valence-corrected chi connectivity index (χ2v) is 5.12. The zero-order valence-corrected chi connectivity index (χ0v) is 11.8. The van der Waals surface area contributed by atoms with Crippen molar-refractivity contribution >= 4 is 49.9 Å². The van der Waals surface area contributed by atoms with Gasteiger partial charge in [-0.25, -0.2) is 4.39 Å². The number of halogens is 3. The van der Waals surface area contributed by atoms with E-state index in [-0.39, 0.29) is 5.82 Å². The third-order valence-corrected chi connectivity index (χ3v) is 3.50. The highest BCUT2D eigenvalue weighted by Crippen LogP contribution is 2.27. The molecule has 1 aromatic carbocycles. The van der Waals surface area contributed by atoms with Gasteiger partial charge in [0.25, 0.3) is 0 Å². The van der Waals surface area contributed by atoms with Crippen LogP contribution < -0.4 is 5.32 Å². The molecular formula is C11H7BrFIN2. The highest BCUT2D eigenvalue weighted by atomic mass is 127. The smallest absolute Gasteiger partial charge is 0.124 e. The van der Waals surface area contributed by atoms with Gasteiger partial charge in [0.05, 0.1) is 15.8 Å². The average molecular weight is 393 g/mol. The van der Waals surface area contributed by atoms with Crippen molar-refractivity contribution in [2.75, 3.05) is 5.32 Å². The number of nitrogens with zero attached hydrogens (tertiary/aromatic N) is 1. The molecule has 0 saturated heterocycles. The third kappa shape index (κ3) is 2.70. The molecule has 1 aromatic heterocycles. The van der Waals surface area contributed by atoms with Crippen molar-refractivity contribution in [3.05, 3.63) is 50.5 Å². The first-order valence-electron chi connectivity index (χ1n) is 4.48. The van der Waals surface area contributed by atoms with Gasteiger partial charge in [-0.3, -0.25) is 4.98 Å². The van der Waals surface area contributed by atoms with E-state index in [1.807, 2.05) is 6.07 Å². The van der Waals surface area contributed by atoms with Gasteiger partial charge in [0.15, 0.2) is 0 Å². The van der Waals surface area contributed by atoms with E-state index in [9.17, 15) is 4.39 Å². The van der Waals surface area contributed by atoms with E-state index < -0.39 is 0 Å². The molecule has 0 aliphatic rings. The summed E-state index contributed by atoms with van der Waals surface area (Å²) >= 11 is 5.48. The van der Waals surface area contributed by atoms with Crippen LogP contribution in [-0.2, 0) is 0 Å². The lowest BCUT2D eigenvalue weighted by molar-refractivity contribution is 0.627. The van der Waals surface area contributed by atoms with Gasteiger partial charge in [0.2, 0.25) is 0 Å². The van der Waals surface area contributed by atoms with Crippen molar-refractivity contribution in [1.82, 2.24) is 4.98 Å². The minimum Gasteiger partial charge on any atom is -0.354 e. The summed E-state index contributed by atoms with van der Waals surface area (Å²) in [6.07, 6.45) is 3.40. The fourth-order valence-corrected chi connectivity index (χ4v) is 2.17. The molecule has 0 radical (unpaired) electrons. The average Bonchev–Trinajstić information content (AvgIpc) is 2.25. The predicted molar refractivity (Wildman–Crippen MR) is 74.3 cm³/mol. The Morgan fingerprint density at radius 2 is 2.06 bits per heavy atom. The fourth-order valence-electron chi connectivity index (χ4n) is 1.21. The SMILES string of the molecule is Fc1ccc(Nc2ccncc2Br)c(I)c1. The van der Waals surface area contributed by atoms with Crippen LogP contribution in [0.3, 0.4) is 0 Å². The Hall–Kier alpha value is -0.690. The van der Waals surface area contributed by atoms with Crippen molar-refractivity contribution in [3.63, 3.8) is 0 Å². The highest BCUT2D eigenvalue weighted by Gasteiger charge is 2.04. The molecule has 0 amide bonds. The van der Waals surface area contributed by atoms with Crippen molar-refractivity contribution in [2.45, 2.75) is 0 Å². The van der Waals surface area contributed by atoms with E-state index in [0.717, 1.165) is 19.4 Å². The lowest BCUT2D eigenvalue weighted by atomic mass is 10.3. The summed E-state index contributed by atoms with van der Waals surface area (Å²) in [7, 11) is 0. The number of anilines is 2. The van der Waals surface area contributed by atoms with Gasteiger partial charge in [-0.2, -0.15) is 0 Å². The van der Waals surface area contributed by atoms with Crippen LogP contribution in [0, 0.1) is 9.39 Å². The maximum absolute atomic E-state index is 12.9. The Morgan fingerprint density at radius 1 is 1.25 bits per heavy atom. The summed E-state index contributed by atoms with van der Waals surface area (Å²) in [4.78, 5) is 3.97. The molecule has 0 aliphatic heterocycles. The summed E-state index contributed by atoms with van der Waals surface area (Å²) < 4.78 is 14.6. The lowest BCUT2D eigenvalue weighted by Crippen LogP contribution is -1.94. The molecule has 1 heterocycles. The quantitative estimate of drug-likeness (QED) is 0.769. The van der Waals surface area contributed by atoms with Gasteiger partial charge in [-0.15, -0.1) is 0 Å². The van der Waals surface area contributed by atoms with Crippen molar-refractivity contribution in [1.29, 1.82) is 0 Å². The molecular weight excluding hydrogens is 386 g/mol.